The Morgan fingerprint density at radius 1 is 1.57 bits per heavy atom. The largest absolute Gasteiger partial charge is 0.315 e. The lowest BCUT2D eigenvalue weighted by Crippen LogP contribution is -2.06. The first-order valence-electron chi connectivity index (χ1n) is 3.60. The van der Waals surface area contributed by atoms with E-state index < -0.39 is 22.2 Å². The number of nitro groups is 1. The molecule has 0 spiro atoms. The van der Waals surface area contributed by atoms with Gasteiger partial charge in [-0.25, -0.2) is 0 Å². The van der Waals surface area contributed by atoms with Crippen LogP contribution in [0.3, 0.4) is 0 Å². The van der Waals surface area contributed by atoms with Crippen molar-refractivity contribution in [2.45, 2.75) is 0 Å². The molecule has 0 aliphatic rings. The third-order valence-electron chi connectivity index (χ3n) is 1.59. The van der Waals surface area contributed by atoms with Crippen molar-refractivity contribution in [2.24, 2.45) is 0 Å². The number of alkyl halides is 1. The van der Waals surface area contributed by atoms with Gasteiger partial charge in [-0.15, -0.1) is 0 Å². The average molecular weight is 262 g/mol. The molecule has 0 saturated carbocycles. The topological polar surface area (TPSA) is 60.2 Å². The maximum absolute atomic E-state index is 13.0. The second-order valence-corrected chi connectivity index (χ2v) is 3.01. The van der Waals surface area contributed by atoms with E-state index >= 15 is 0 Å². The van der Waals surface area contributed by atoms with Crippen LogP contribution in [0.2, 0.25) is 0 Å². The molecule has 0 atom stereocenters. The monoisotopic (exact) mass is 261 g/mol. The van der Waals surface area contributed by atoms with E-state index in [1.54, 1.807) is 0 Å². The van der Waals surface area contributed by atoms with Gasteiger partial charge >= 0.3 is 5.69 Å². The fraction of sp³-hybridized carbons (Fsp3) is 0.125. The average Bonchev–Trinajstić information content (AvgIpc) is 2.15. The summed E-state index contributed by atoms with van der Waals surface area (Å²) in [4.78, 5) is 20.7. The van der Waals surface area contributed by atoms with E-state index in [2.05, 4.69) is 15.9 Å². The Hall–Kier alpha value is -1.30. The van der Waals surface area contributed by atoms with Crippen molar-refractivity contribution in [3.63, 3.8) is 0 Å². The number of hydrogen-bond donors (Lipinski definition) is 0. The van der Waals surface area contributed by atoms with Gasteiger partial charge in [-0.2, -0.15) is 4.39 Å². The van der Waals surface area contributed by atoms with Gasteiger partial charge in [0, 0.05) is 0 Å². The maximum atomic E-state index is 13.0. The first-order valence-corrected chi connectivity index (χ1v) is 4.72. The lowest BCUT2D eigenvalue weighted by Gasteiger charge is -1.99. The predicted octanol–water partition coefficient (Wildman–Crippen LogP) is 2.31. The van der Waals surface area contributed by atoms with Gasteiger partial charge in [0.15, 0.2) is 5.78 Å². The molecule has 0 saturated heterocycles. The zero-order chi connectivity index (χ0) is 10.7. The fourth-order valence-electron chi connectivity index (χ4n) is 0.998. The molecule has 0 aliphatic heterocycles. The molecule has 74 valence electrons. The van der Waals surface area contributed by atoms with Crippen molar-refractivity contribution in [1.29, 1.82) is 0 Å². The normalized spacial score (nSPS) is 9.86. The second kappa shape index (κ2) is 4.28. The molecule has 4 nitrogen and oxygen atoms in total. The molecule has 0 aromatic heterocycles. The number of nitro benzene ring substituents is 1. The Morgan fingerprint density at radius 2 is 2.21 bits per heavy atom. The minimum Gasteiger partial charge on any atom is -0.293 e. The zero-order valence-electron chi connectivity index (χ0n) is 6.87. The summed E-state index contributed by atoms with van der Waals surface area (Å²) in [6.45, 7) is 0. The molecule has 0 aliphatic carbocycles. The van der Waals surface area contributed by atoms with E-state index in [0.29, 0.717) is 0 Å². The van der Waals surface area contributed by atoms with E-state index in [1.165, 1.54) is 12.1 Å². The van der Waals surface area contributed by atoms with Gasteiger partial charge in [-0.3, -0.25) is 14.9 Å². The summed E-state index contributed by atoms with van der Waals surface area (Å²) >= 11 is 2.86. The van der Waals surface area contributed by atoms with Crippen molar-refractivity contribution >= 4 is 27.4 Å². The molecule has 0 N–H and O–H groups in total. The number of carbonyl (C=O) groups excluding carboxylic acids is 1. The van der Waals surface area contributed by atoms with Crippen molar-refractivity contribution < 1.29 is 14.1 Å². The highest BCUT2D eigenvalue weighted by Crippen LogP contribution is 2.22. The Balaban J connectivity index is 3.35. The molecular formula is C8H5BrFNO3. The molecule has 6 heteroatoms. The molecule has 1 aromatic carbocycles. The minimum absolute atomic E-state index is 0.0721. The number of ketones is 1. The number of carbonyl (C=O) groups is 1. The van der Waals surface area contributed by atoms with Crippen LogP contribution in [0.25, 0.3) is 0 Å². The summed E-state index contributed by atoms with van der Waals surface area (Å²) in [5.41, 5.74) is -0.983. The Bertz CT molecular complexity index is 394. The van der Waals surface area contributed by atoms with Crippen LogP contribution in [-0.2, 0) is 0 Å². The van der Waals surface area contributed by atoms with Gasteiger partial charge in [-0.1, -0.05) is 22.0 Å². The number of para-hydroxylation sites is 1. The van der Waals surface area contributed by atoms with Gasteiger partial charge in [0.25, 0.3) is 0 Å². The van der Waals surface area contributed by atoms with Gasteiger partial charge in [0.2, 0.25) is 5.82 Å². The first-order chi connectivity index (χ1) is 6.57. The van der Waals surface area contributed by atoms with E-state index in [0.717, 1.165) is 6.07 Å². The molecule has 0 radical (unpaired) electrons. The summed E-state index contributed by atoms with van der Waals surface area (Å²) in [6.07, 6.45) is 0. The lowest BCUT2D eigenvalue weighted by atomic mass is 10.1. The van der Waals surface area contributed by atoms with Crippen LogP contribution in [0.4, 0.5) is 10.1 Å². The number of rotatable bonds is 3. The van der Waals surface area contributed by atoms with Crippen molar-refractivity contribution in [1.82, 2.24) is 0 Å². The molecule has 0 heterocycles. The van der Waals surface area contributed by atoms with Crippen LogP contribution in [0.15, 0.2) is 18.2 Å². The third kappa shape index (κ3) is 1.95. The van der Waals surface area contributed by atoms with Crippen LogP contribution in [-0.4, -0.2) is 16.0 Å². The van der Waals surface area contributed by atoms with E-state index in [4.69, 9.17) is 0 Å². The first kappa shape index (κ1) is 10.8. The highest BCUT2D eigenvalue weighted by molar-refractivity contribution is 9.09. The van der Waals surface area contributed by atoms with Gasteiger partial charge in [0.1, 0.15) is 0 Å². The lowest BCUT2D eigenvalue weighted by molar-refractivity contribution is -0.387. The summed E-state index contributed by atoms with van der Waals surface area (Å²) in [5, 5.41) is 10.4. The smallest absolute Gasteiger partial charge is 0.293 e. The summed E-state index contributed by atoms with van der Waals surface area (Å²) in [5.74, 6) is -1.52. The Labute approximate surface area is 87.0 Å². The van der Waals surface area contributed by atoms with Crippen molar-refractivity contribution in [3.05, 3.63) is 39.7 Å². The number of hydrogen-bond acceptors (Lipinski definition) is 3. The molecule has 14 heavy (non-hydrogen) atoms. The van der Waals surface area contributed by atoms with Crippen LogP contribution in [0.1, 0.15) is 10.4 Å². The SMILES string of the molecule is O=C(CBr)c1cccc(F)c1[N+](=O)[O-]. The quantitative estimate of drug-likeness (QED) is 0.363. The molecule has 1 rings (SSSR count). The highest BCUT2D eigenvalue weighted by atomic mass is 79.9. The number of nitrogens with zero attached hydrogens (tertiary/aromatic N) is 1. The summed E-state index contributed by atoms with van der Waals surface area (Å²) in [7, 11) is 0. The summed E-state index contributed by atoms with van der Waals surface area (Å²) < 4.78 is 13.0. The van der Waals surface area contributed by atoms with Crippen LogP contribution >= 0.6 is 15.9 Å². The molecule has 0 bridgehead atoms. The van der Waals surface area contributed by atoms with Crippen LogP contribution in [0.5, 0.6) is 0 Å². The zero-order valence-corrected chi connectivity index (χ0v) is 8.45. The van der Waals surface area contributed by atoms with Gasteiger partial charge in [0.05, 0.1) is 15.8 Å². The number of Topliss-reactive ketones (excluding diaryl/α,β-unsaturated/α-hetero) is 1. The molecular weight excluding hydrogens is 257 g/mol. The minimum atomic E-state index is -0.998. The fourth-order valence-corrected chi connectivity index (χ4v) is 1.30. The summed E-state index contributed by atoms with van der Waals surface area (Å²) in [6, 6.07) is 3.44. The number of benzene rings is 1. The van der Waals surface area contributed by atoms with Gasteiger partial charge in [-0.05, 0) is 12.1 Å². The Kier molecular flexibility index (Phi) is 3.29. The standard InChI is InChI=1S/C8H5BrFNO3/c9-4-7(12)5-2-1-3-6(10)8(5)11(13)14/h1-3H,4H2. The Morgan fingerprint density at radius 3 is 2.71 bits per heavy atom. The predicted molar refractivity (Wildman–Crippen MR) is 51.2 cm³/mol. The maximum Gasteiger partial charge on any atom is 0.315 e. The molecule has 0 fully saturated rings. The van der Waals surface area contributed by atoms with Crippen molar-refractivity contribution in [2.75, 3.05) is 5.33 Å². The third-order valence-corrected chi connectivity index (χ3v) is 2.10. The molecule has 1 aromatic rings. The number of halogens is 2. The van der Waals surface area contributed by atoms with Gasteiger partial charge < -0.3 is 0 Å². The molecule has 0 amide bonds. The van der Waals surface area contributed by atoms with E-state index in [1.807, 2.05) is 0 Å². The van der Waals surface area contributed by atoms with Crippen LogP contribution in [0, 0.1) is 15.9 Å². The van der Waals surface area contributed by atoms with Crippen LogP contribution < -0.4 is 0 Å². The second-order valence-electron chi connectivity index (χ2n) is 2.45. The van der Waals surface area contributed by atoms with E-state index in [-0.39, 0.29) is 10.9 Å². The van der Waals surface area contributed by atoms with Crippen molar-refractivity contribution in [3.8, 4) is 0 Å². The molecule has 0 unspecified atom stereocenters. The van der Waals surface area contributed by atoms with E-state index in [9.17, 15) is 19.3 Å². The highest BCUT2D eigenvalue weighted by Gasteiger charge is 2.23.